The van der Waals surface area contributed by atoms with Crippen LogP contribution in [0.3, 0.4) is 0 Å². The van der Waals surface area contributed by atoms with Crippen molar-refractivity contribution in [2.75, 3.05) is 23.9 Å². The SMILES string of the molecule is Cc1ccc(C)c(C(O)=C2C(=O)C(=O)N(c3nnc(SCc4ccc(F)cc4)s3)C2c2ccc(N(C)C)cc2)c1. The van der Waals surface area contributed by atoms with Gasteiger partial charge in [-0.2, -0.15) is 0 Å². The van der Waals surface area contributed by atoms with Crippen molar-refractivity contribution in [3.8, 4) is 0 Å². The minimum absolute atomic E-state index is 0.00650. The van der Waals surface area contributed by atoms with E-state index in [1.165, 1.54) is 40.1 Å². The number of hydrogen-bond acceptors (Lipinski definition) is 8. The Morgan fingerprint density at radius 1 is 1.02 bits per heavy atom. The van der Waals surface area contributed by atoms with Gasteiger partial charge in [-0.15, -0.1) is 10.2 Å². The fourth-order valence-corrected chi connectivity index (χ4v) is 6.34. The number of hydrogen-bond donors (Lipinski definition) is 1. The van der Waals surface area contributed by atoms with Gasteiger partial charge in [-0.1, -0.05) is 65.1 Å². The minimum Gasteiger partial charge on any atom is -0.507 e. The second-order valence-electron chi connectivity index (χ2n) is 9.74. The fraction of sp³-hybridized carbons (Fsp3) is 0.200. The van der Waals surface area contributed by atoms with Gasteiger partial charge in [0.1, 0.15) is 11.6 Å². The van der Waals surface area contributed by atoms with Crippen molar-refractivity contribution in [3.63, 3.8) is 0 Å². The molecule has 5 rings (SSSR count). The highest BCUT2D eigenvalue weighted by Gasteiger charge is 2.48. The smallest absolute Gasteiger partial charge is 0.301 e. The molecule has 1 fully saturated rings. The van der Waals surface area contributed by atoms with Crippen molar-refractivity contribution < 1.29 is 19.1 Å². The van der Waals surface area contributed by atoms with E-state index in [4.69, 9.17) is 0 Å². The van der Waals surface area contributed by atoms with E-state index >= 15 is 0 Å². The van der Waals surface area contributed by atoms with Crippen LogP contribution in [0, 0.1) is 19.7 Å². The number of Topliss-reactive ketones (excluding diaryl/α,β-unsaturated/α-hetero) is 1. The fourth-order valence-electron chi connectivity index (χ4n) is 4.52. The van der Waals surface area contributed by atoms with Crippen LogP contribution in [-0.4, -0.2) is 41.1 Å². The van der Waals surface area contributed by atoms with Crippen LogP contribution in [0.1, 0.15) is 33.9 Å². The summed E-state index contributed by atoms with van der Waals surface area (Å²) < 4.78 is 13.8. The van der Waals surface area contributed by atoms with Crippen LogP contribution in [-0.2, 0) is 15.3 Å². The topological polar surface area (TPSA) is 86.6 Å². The summed E-state index contributed by atoms with van der Waals surface area (Å²) in [4.78, 5) is 30.3. The molecule has 0 spiro atoms. The Labute approximate surface area is 240 Å². The summed E-state index contributed by atoms with van der Waals surface area (Å²) in [6, 6.07) is 18.4. The molecule has 10 heteroatoms. The van der Waals surface area contributed by atoms with Gasteiger partial charge in [-0.3, -0.25) is 14.5 Å². The van der Waals surface area contributed by atoms with Crippen molar-refractivity contribution in [1.82, 2.24) is 10.2 Å². The number of benzene rings is 3. The zero-order valence-electron chi connectivity index (χ0n) is 22.4. The minimum atomic E-state index is -0.890. The summed E-state index contributed by atoms with van der Waals surface area (Å²) >= 11 is 2.59. The Balaban J connectivity index is 1.56. The summed E-state index contributed by atoms with van der Waals surface area (Å²) in [6.45, 7) is 3.75. The molecule has 7 nitrogen and oxygen atoms in total. The van der Waals surface area contributed by atoms with Crippen LogP contribution in [0.15, 0.2) is 76.6 Å². The Hall–Kier alpha value is -4.02. The third-order valence-electron chi connectivity index (χ3n) is 6.70. The number of thioether (sulfide) groups is 1. The first kappa shape index (κ1) is 27.5. The van der Waals surface area contributed by atoms with Crippen molar-refractivity contribution in [2.24, 2.45) is 0 Å². The van der Waals surface area contributed by atoms with Gasteiger partial charge in [-0.05, 0) is 60.9 Å². The van der Waals surface area contributed by atoms with Crippen LogP contribution in [0.2, 0.25) is 0 Å². The molecule has 1 N–H and O–H groups in total. The third-order valence-corrected chi connectivity index (χ3v) is 8.82. The number of halogens is 1. The molecule has 1 saturated heterocycles. The quantitative estimate of drug-likeness (QED) is 0.0914. The summed E-state index contributed by atoms with van der Waals surface area (Å²) in [5, 5.41) is 20.2. The highest BCUT2D eigenvalue weighted by Crippen LogP contribution is 2.44. The molecule has 1 aliphatic rings. The first-order valence-corrected chi connectivity index (χ1v) is 14.3. The number of anilines is 2. The first-order chi connectivity index (χ1) is 19.1. The molecule has 1 aromatic heterocycles. The van der Waals surface area contributed by atoms with Gasteiger partial charge < -0.3 is 10.0 Å². The van der Waals surface area contributed by atoms with Crippen LogP contribution >= 0.6 is 23.1 Å². The molecule has 40 heavy (non-hydrogen) atoms. The van der Waals surface area contributed by atoms with Gasteiger partial charge in [-0.25, -0.2) is 4.39 Å². The Morgan fingerprint density at radius 2 is 1.73 bits per heavy atom. The molecular weight excluding hydrogens is 547 g/mol. The summed E-state index contributed by atoms with van der Waals surface area (Å²) in [7, 11) is 3.85. The average Bonchev–Trinajstić information content (AvgIpc) is 3.51. The lowest BCUT2D eigenvalue weighted by Gasteiger charge is -2.23. The van der Waals surface area contributed by atoms with Gasteiger partial charge in [0.15, 0.2) is 4.34 Å². The number of carbonyl (C=O) groups excluding carboxylic acids is 2. The molecule has 0 radical (unpaired) electrons. The third kappa shape index (κ3) is 5.37. The summed E-state index contributed by atoms with van der Waals surface area (Å²) in [5.74, 6) is -1.55. The molecule has 1 unspecified atom stereocenters. The Kier molecular flexibility index (Phi) is 7.73. The summed E-state index contributed by atoms with van der Waals surface area (Å²) in [6.07, 6.45) is 0. The summed E-state index contributed by atoms with van der Waals surface area (Å²) in [5.41, 5.74) is 4.73. The monoisotopic (exact) mass is 574 g/mol. The Bertz CT molecular complexity index is 1610. The highest BCUT2D eigenvalue weighted by atomic mass is 32.2. The largest absolute Gasteiger partial charge is 0.507 e. The molecule has 0 aliphatic carbocycles. The second-order valence-corrected chi connectivity index (χ2v) is 11.9. The molecule has 1 aliphatic heterocycles. The first-order valence-electron chi connectivity index (χ1n) is 12.5. The molecular formula is C30H27FN4O3S2. The van der Waals surface area contributed by atoms with E-state index in [0.717, 1.165) is 22.4 Å². The maximum Gasteiger partial charge on any atom is 0.301 e. The molecule has 2 heterocycles. The lowest BCUT2D eigenvalue weighted by Crippen LogP contribution is -2.29. The molecule has 3 aromatic carbocycles. The predicted octanol–water partition coefficient (Wildman–Crippen LogP) is 6.28. The van der Waals surface area contributed by atoms with E-state index in [1.54, 1.807) is 18.2 Å². The van der Waals surface area contributed by atoms with E-state index in [-0.39, 0.29) is 22.3 Å². The zero-order chi connectivity index (χ0) is 28.6. The number of aromatic nitrogens is 2. The van der Waals surface area contributed by atoms with Gasteiger partial charge in [0, 0.05) is 31.1 Å². The molecule has 204 valence electrons. The van der Waals surface area contributed by atoms with Crippen molar-refractivity contribution in [2.45, 2.75) is 30.0 Å². The number of rotatable bonds is 7. The standard InChI is InChI=1S/C30H27FN4O3S2/c1-17-5-6-18(2)23(15-17)26(36)24-25(20-9-13-22(14-10-20)34(3)4)35(28(38)27(24)37)29-32-33-30(40-29)39-16-19-7-11-21(31)12-8-19/h5-15,25,36H,16H2,1-4H3. The van der Waals surface area contributed by atoms with E-state index < -0.39 is 17.7 Å². The van der Waals surface area contributed by atoms with Crippen molar-refractivity contribution in [3.05, 3.63) is 106 Å². The lowest BCUT2D eigenvalue weighted by atomic mass is 9.93. The number of carbonyl (C=O) groups is 2. The molecule has 0 bridgehead atoms. The molecule has 1 atom stereocenters. The van der Waals surface area contributed by atoms with E-state index in [1.807, 2.05) is 69.2 Å². The van der Waals surface area contributed by atoms with Crippen LogP contribution in [0.5, 0.6) is 0 Å². The number of ketones is 1. The number of nitrogens with zero attached hydrogens (tertiary/aromatic N) is 4. The predicted molar refractivity (Wildman–Crippen MR) is 157 cm³/mol. The van der Waals surface area contributed by atoms with Crippen molar-refractivity contribution in [1.29, 1.82) is 0 Å². The zero-order valence-corrected chi connectivity index (χ0v) is 24.0. The maximum atomic E-state index is 13.5. The maximum absolute atomic E-state index is 13.5. The van der Waals surface area contributed by atoms with E-state index in [2.05, 4.69) is 10.2 Å². The van der Waals surface area contributed by atoms with Crippen LogP contribution in [0.25, 0.3) is 5.76 Å². The Morgan fingerprint density at radius 3 is 2.40 bits per heavy atom. The lowest BCUT2D eigenvalue weighted by molar-refractivity contribution is -0.132. The number of aryl methyl sites for hydroxylation is 2. The highest BCUT2D eigenvalue weighted by molar-refractivity contribution is 8.00. The van der Waals surface area contributed by atoms with Gasteiger partial charge >= 0.3 is 5.91 Å². The molecule has 1 amide bonds. The number of aliphatic hydroxyl groups excluding tert-OH is 1. The number of amides is 1. The molecule has 4 aromatic rings. The second kappa shape index (κ2) is 11.2. The number of aliphatic hydroxyl groups is 1. The van der Waals surface area contributed by atoms with Gasteiger partial charge in [0.2, 0.25) is 5.13 Å². The van der Waals surface area contributed by atoms with E-state index in [0.29, 0.717) is 21.2 Å². The van der Waals surface area contributed by atoms with Gasteiger partial charge in [0.05, 0.1) is 11.6 Å². The van der Waals surface area contributed by atoms with Crippen molar-refractivity contribution >= 4 is 51.4 Å². The van der Waals surface area contributed by atoms with E-state index in [9.17, 15) is 19.1 Å². The van der Waals surface area contributed by atoms with Crippen LogP contribution in [0.4, 0.5) is 15.2 Å². The normalized spacial score (nSPS) is 16.5. The molecule has 0 saturated carbocycles. The van der Waals surface area contributed by atoms with Gasteiger partial charge in [0.25, 0.3) is 5.78 Å². The average molecular weight is 575 g/mol. The van der Waals surface area contributed by atoms with Crippen LogP contribution < -0.4 is 9.80 Å².